The largest absolute Gasteiger partial charge is 0.451 e. The molecule has 0 spiro atoms. The van der Waals surface area contributed by atoms with Crippen molar-refractivity contribution < 1.29 is 9.53 Å². The van der Waals surface area contributed by atoms with Gasteiger partial charge in [-0.15, -0.1) is 0 Å². The molecule has 1 saturated carbocycles. The van der Waals surface area contributed by atoms with Crippen LogP contribution in [0, 0.1) is 6.57 Å². The average Bonchev–Trinajstić information content (AvgIpc) is 2.84. The van der Waals surface area contributed by atoms with Crippen molar-refractivity contribution in [3.63, 3.8) is 0 Å². The first kappa shape index (κ1) is 12.2. The molecule has 0 aromatic heterocycles. The van der Waals surface area contributed by atoms with E-state index in [0.29, 0.717) is 6.42 Å². The number of hydrogen-bond donors (Lipinski definition) is 1. The van der Waals surface area contributed by atoms with Crippen LogP contribution >= 0.6 is 0 Å². The zero-order chi connectivity index (χ0) is 13.3. The van der Waals surface area contributed by atoms with Gasteiger partial charge in [-0.2, -0.15) is 0 Å². The number of benzene rings is 1. The fourth-order valence-corrected chi connectivity index (χ4v) is 3.01. The van der Waals surface area contributed by atoms with Gasteiger partial charge in [0.15, 0.2) is 6.10 Å². The molecule has 2 fully saturated rings. The SMILES string of the molecule is [C-]#[N+][C@@]12CCC[C@@H]1OC(=O)[C@H](Cc1ccccc1)N2. The quantitative estimate of drug-likeness (QED) is 0.649. The molecule has 2 aliphatic rings. The highest BCUT2D eigenvalue weighted by molar-refractivity contribution is 5.78. The second-order valence-corrected chi connectivity index (χ2v) is 5.24. The Morgan fingerprint density at radius 1 is 1.42 bits per heavy atom. The highest BCUT2D eigenvalue weighted by Gasteiger charge is 2.57. The Morgan fingerprint density at radius 2 is 2.21 bits per heavy atom. The number of ether oxygens (including phenoxy) is 1. The van der Waals surface area contributed by atoms with Gasteiger partial charge in [0.1, 0.15) is 6.04 Å². The molecule has 1 aliphatic heterocycles. The van der Waals surface area contributed by atoms with Gasteiger partial charge in [-0.3, -0.25) is 9.64 Å². The van der Waals surface area contributed by atoms with E-state index in [0.717, 1.165) is 24.8 Å². The first-order chi connectivity index (χ1) is 9.23. The topological polar surface area (TPSA) is 42.7 Å². The molecule has 19 heavy (non-hydrogen) atoms. The third-order valence-corrected chi connectivity index (χ3v) is 4.01. The lowest BCUT2D eigenvalue weighted by Crippen LogP contribution is -2.62. The van der Waals surface area contributed by atoms with Crippen LogP contribution in [0.2, 0.25) is 0 Å². The summed E-state index contributed by atoms with van der Waals surface area (Å²) in [5.74, 6) is -0.227. The van der Waals surface area contributed by atoms with Gasteiger partial charge in [-0.25, -0.2) is 11.9 Å². The third-order valence-electron chi connectivity index (χ3n) is 4.01. The van der Waals surface area contributed by atoms with E-state index in [2.05, 4.69) is 10.2 Å². The lowest BCUT2D eigenvalue weighted by molar-refractivity contribution is -0.161. The summed E-state index contributed by atoms with van der Waals surface area (Å²) < 4.78 is 5.47. The Balaban J connectivity index is 1.79. The monoisotopic (exact) mass is 256 g/mol. The van der Waals surface area contributed by atoms with Crippen LogP contribution in [0.5, 0.6) is 0 Å². The Morgan fingerprint density at radius 3 is 2.95 bits per heavy atom. The molecule has 0 bridgehead atoms. The van der Waals surface area contributed by atoms with Crippen LogP contribution in [0.3, 0.4) is 0 Å². The van der Waals surface area contributed by atoms with Crippen molar-refractivity contribution in [1.82, 2.24) is 5.32 Å². The number of esters is 1. The van der Waals surface area contributed by atoms with Crippen LogP contribution in [0.1, 0.15) is 24.8 Å². The molecule has 1 aliphatic carbocycles. The Hall–Kier alpha value is -1.86. The molecule has 0 radical (unpaired) electrons. The molecule has 4 heteroatoms. The van der Waals surface area contributed by atoms with E-state index in [1.807, 2.05) is 30.3 Å². The van der Waals surface area contributed by atoms with Gasteiger partial charge in [0.2, 0.25) is 0 Å². The van der Waals surface area contributed by atoms with Crippen LogP contribution in [-0.4, -0.2) is 23.8 Å². The van der Waals surface area contributed by atoms with Gasteiger partial charge in [-0.1, -0.05) is 30.3 Å². The normalized spacial score (nSPS) is 33.3. The number of nitrogens with zero attached hydrogens (tertiary/aromatic N) is 1. The van der Waals surface area contributed by atoms with Crippen molar-refractivity contribution >= 4 is 5.97 Å². The highest BCUT2D eigenvalue weighted by atomic mass is 16.6. The predicted molar refractivity (Wildman–Crippen MR) is 70.1 cm³/mol. The lowest BCUT2D eigenvalue weighted by atomic mass is 9.98. The van der Waals surface area contributed by atoms with Crippen LogP contribution in [0.4, 0.5) is 0 Å². The minimum atomic E-state index is -0.687. The summed E-state index contributed by atoms with van der Waals surface area (Å²) in [6, 6.07) is 9.41. The van der Waals surface area contributed by atoms with Gasteiger partial charge >= 0.3 is 11.6 Å². The van der Waals surface area contributed by atoms with E-state index in [1.54, 1.807) is 0 Å². The maximum atomic E-state index is 12.0. The number of fused-ring (bicyclic) bond motifs is 1. The molecule has 0 amide bonds. The lowest BCUT2D eigenvalue weighted by Gasteiger charge is -2.34. The predicted octanol–water partition coefficient (Wildman–Crippen LogP) is 1.91. The van der Waals surface area contributed by atoms with Crippen molar-refractivity contribution in [2.45, 2.75) is 43.5 Å². The third kappa shape index (κ3) is 2.11. The maximum Gasteiger partial charge on any atom is 0.324 e. The molecule has 1 saturated heterocycles. The Labute approximate surface area is 112 Å². The number of carbonyl (C=O) groups is 1. The number of carbonyl (C=O) groups excluding carboxylic acids is 1. The first-order valence-corrected chi connectivity index (χ1v) is 6.64. The second-order valence-electron chi connectivity index (χ2n) is 5.24. The zero-order valence-electron chi connectivity index (χ0n) is 10.6. The summed E-state index contributed by atoms with van der Waals surface area (Å²) in [4.78, 5) is 15.7. The number of nitrogens with one attached hydrogen (secondary N) is 1. The van der Waals surface area contributed by atoms with Crippen LogP contribution in [0.15, 0.2) is 30.3 Å². The molecule has 0 unspecified atom stereocenters. The molecular weight excluding hydrogens is 240 g/mol. The van der Waals surface area contributed by atoms with Crippen LogP contribution in [0.25, 0.3) is 4.85 Å². The molecule has 1 N–H and O–H groups in total. The van der Waals surface area contributed by atoms with E-state index >= 15 is 0 Å². The zero-order valence-corrected chi connectivity index (χ0v) is 10.6. The summed E-state index contributed by atoms with van der Waals surface area (Å²) in [5, 5.41) is 3.25. The molecule has 1 heterocycles. The van der Waals surface area contributed by atoms with Gasteiger partial charge < -0.3 is 4.74 Å². The fourth-order valence-electron chi connectivity index (χ4n) is 3.01. The molecule has 4 nitrogen and oxygen atoms in total. The summed E-state index contributed by atoms with van der Waals surface area (Å²) in [5.41, 5.74) is 0.390. The summed E-state index contributed by atoms with van der Waals surface area (Å²) >= 11 is 0. The van der Waals surface area contributed by atoms with Gasteiger partial charge in [0.25, 0.3) is 0 Å². The summed E-state index contributed by atoms with van der Waals surface area (Å²) in [6.07, 6.45) is 2.79. The second kappa shape index (κ2) is 4.67. The van der Waals surface area contributed by atoms with Gasteiger partial charge in [0, 0.05) is 6.42 Å². The van der Waals surface area contributed by atoms with Crippen LogP contribution < -0.4 is 5.32 Å². The maximum absolute atomic E-state index is 12.0. The number of morpholine rings is 1. The van der Waals surface area contributed by atoms with Crippen molar-refractivity contribution in [2.24, 2.45) is 0 Å². The minimum Gasteiger partial charge on any atom is -0.451 e. The smallest absolute Gasteiger partial charge is 0.324 e. The van der Waals surface area contributed by atoms with E-state index in [9.17, 15) is 4.79 Å². The standard InChI is InChI=1S/C15H16N2O2/c1-16-15-9-5-8-13(15)19-14(18)12(17-15)10-11-6-3-2-4-7-11/h2-4,6-7,12-13,17H,5,8-10H2/t12-,13-,15+/m0/s1. The molecule has 3 rings (SSSR count). The highest BCUT2D eigenvalue weighted by Crippen LogP contribution is 2.37. The van der Waals surface area contributed by atoms with E-state index < -0.39 is 11.7 Å². The molecule has 1 aromatic carbocycles. The van der Waals surface area contributed by atoms with E-state index in [4.69, 9.17) is 11.3 Å². The van der Waals surface area contributed by atoms with E-state index in [1.165, 1.54) is 0 Å². The van der Waals surface area contributed by atoms with Crippen LogP contribution in [-0.2, 0) is 16.0 Å². The summed E-state index contributed by atoms with van der Waals surface area (Å²) in [6.45, 7) is 7.42. The fraction of sp³-hybridized carbons (Fsp3) is 0.467. The van der Waals surface area contributed by atoms with E-state index in [-0.39, 0.29) is 12.1 Å². The minimum absolute atomic E-state index is 0.227. The Kier molecular flexibility index (Phi) is 3.00. The van der Waals surface area contributed by atoms with Crippen molar-refractivity contribution in [3.05, 3.63) is 47.3 Å². The van der Waals surface area contributed by atoms with Gasteiger partial charge in [0.05, 0.1) is 0 Å². The summed E-state index contributed by atoms with van der Waals surface area (Å²) in [7, 11) is 0. The number of rotatable bonds is 2. The molecule has 98 valence electrons. The van der Waals surface area contributed by atoms with Crippen molar-refractivity contribution in [2.75, 3.05) is 0 Å². The molecular formula is C15H16N2O2. The van der Waals surface area contributed by atoms with Crippen molar-refractivity contribution in [3.8, 4) is 0 Å². The average molecular weight is 256 g/mol. The number of hydrogen-bond acceptors (Lipinski definition) is 3. The molecule has 3 atom stereocenters. The van der Waals surface area contributed by atoms with Crippen molar-refractivity contribution in [1.29, 1.82) is 0 Å². The van der Waals surface area contributed by atoms with Gasteiger partial charge in [-0.05, 0) is 24.8 Å². The molecule has 1 aromatic rings. The Bertz CT molecular complexity index is 523. The first-order valence-electron chi connectivity index (χ1n) is 6.64.